The minimum Gasteiger partial charge on any atom is -0.481 e. The summed E-state index contributed by atoms with van der Waals surface area (Å²) < 4.78 is 1.75. The average molecular weight is 496 g/mol. The Kier molecular flexibility index (Phi) is 8.37. The van der Waals surface area contributed by atoms with E-state index in [4.69, 9.17) is 10.1 Å². The molecular formula is C25H33N7O2S. The van der Waals surface area contributed by atoms with Crippen molar-refractivity contribution in [1.29, 1.82) is 0 Å². The Balaban J connectivity index is 1.54. The normalized spacial score (nSPS) is 20.1. The molecule has 1 aromatic carbocycles. The fourth-order valence-electron chi connectivity index (χ4n) is 4.76. The third kappa shape index (κ3) is 6.01. The molecule has 35 heavy (non-hydrogen) atoms. The number of hydrogen-bond donors (Lipinski definition) is 1. The summed E-state index contributed by atoms with van der Waals surface area (Å²) in [7, 11) is 0. The van der Waals surface area contributed by atoms with E-state index in [1.165, 1.54) is 5.56 Å². The Bertz CT molecular complexity index is 1100. The highest BCUT2D eigenvalue weighted by Crippen LogP contribution is 2.35. The Labute approximate surface area is 210 Å². The van der Waals surface area contributed by atoms with Crippen molar-refractivity contribution in [1.82, 2.24) is 35.0 Å². The Hall–Kier alpha value is -2.95. The number of piperazine rings is 1. The van der Waals surface area contributed by atoms with E-state index >= 15 is 0 Å². The van der Waals surface area contributed by atoms with Crippen LogP contribution in [0.2, 0.25) is 0 Å². The second-order valence-corrected chi connectivity index (χ2v) is 10.0. The lowest BCUT2D eigenvalue weighted by molar-refractivity contribution is -0.137. The number of carbonyl (C=O) groups is 1. The smallest absolute Gasteiger partial charge is 0.303 e. The first kappa shape index (κ1) is 25.2. The highest BCUT2D eigenvalue weighted by molar-refractivity contribution is 7.09. The zero-order valence-electron chi connectivity index (χ0n) is 20.3. The van der Waals surface area contributed by atoms with Gasteiger partial charge in [0.1, 0.15) is 5.01 Å². The van der Waals surface area contributed by atoms with Crippen molar-refractivity contribution in [2.75, 3.05) is 19.6 Å². The molecule has 2 aromatic heterocycles. The van der Waals surface area contributed by atoms with Gasteiger partial charge in [-0.3, -0.25) is 14.6 Å². The number of aryl methyl sites for hydroxylation is 1. The Morgan fingerprint density at radius 3 is 2.71 bits per heavy atom. The van der Waals surface area contributed by atoms with Gasteiger partial charge in [0.05, 0.1) is 6.04 Å². The van der Waals surface area contributed by atoms with Gasteiger partial charge in [-0.15, -0.1) is 23.0 Å². The zero-order chi connectivity index (χ0) is 24.8. The largest absolute Gasteiger partial charge is 0.481 e. The second-order valence-electron chi connectivity index (χ2n) is 9.11. The van der Waals surface area contributed by atoms with Crippen LogP contribution in [-0.4, -0.2) is 77.8 Å². The van der Waals surface area contributed by atoms with Crippen molar-refractivity contribution in [3.05, 3.63) is 59.1 Å². The molecular weight excluding hydrogens is 462 g/mol. The standard InChI is InChI=1S/C25H33N7O2S/c1-4-13-30-16-19(3)31(17-18(30)2)23(25-26-12-15-35-25)20-8-10-21(11-9-20)24-27-28-29-32(24)14-6-5-7-22(33)34/h4,8-12,15,18-19,23H,1,5-7,13-14,16-17H2,2-3H3,(H,33,34)/t18-,19+,23-/m1/s1. The van der Waals surface area contributed by atoms with E-state index in [9.17, 15) is 4.79 Å². The maximum Gasteiger partial charge on any atom is 0.303 e. The number of unbranched alkanes of at least 4 members (excludes halogenated alkanes) is 1. The van der Waals surface area contributed by atoms with Crippen LogP contribution in [0.3, 0.4) is 0 Å². The molecule has 10 heteroatoms. The van der Waals surface area contributed by atoms with Gasteiger partial charge in [-0.1, -0.05) is 30.3 Å². The third-order valence-electron chi connectivity index (χ3n) is 6.57. The van der Waals surface area contributed by atoms with Gasteiger partial charge in [-0.2, -0.15) is 0 Å². The number of hydrogen-bond acceptors (Lipinski definition) is 8. The summed E-state index contributed by atoms with van der Waals surface area (Å²) in [6.07, 6.45) is 5.32. The summed E-state index contributed by atoms with van der Waals surface area (Å²) in [5.41, 5.74) is 2.13. The summed E-state index contributed by atoms with van der Waals surface area (Å²) >= 11 is 1.69. The maximum atomic E-state index is 10.8. The molecule has 0 aliphatic carbocycles. The fourth-order valence-corrected chi connectivity index (χ4v) is 5.55. The Morgan fingerprint density at radius 2 is 2.03 bits per heavy atom. The predicted molar refractivity (Wildman–Crippen MR) is 136 cm³/mol. The monoisotopic (exact) mass is 495 g/mol. The number of rotatable bonds is 11. The molecule has 3 aromatic rings. The van der Waals surface area contributed by atoms with E-state index in [1.807, 2.05) is 17.7 Å². The van der Waals surface area contributed by atoms with E-state index in [0.717, 1.165) is 30.2 Å². The SMILES string of the molecule is C=CCN1C[C@H](C)N([C@H](c2ccc(-c3nnnn3CCCCC(=O)O)cc2)c2nccs2)C[C@H]1C. The first-order valence-electron chi connectivity index (χ1n) is 12.1. The summed E-state index contributed by atoms with van der Waals surface area (Å²) in [5.74, 6) is -0.0872. The summed E-state index contributed by atoms with van der Waals surface area (Å²) in [4.78, 5) is 20.5. The molecule has 186 valence electrons. The van der Waals surface area contributed by atoms with E-state index in [-0.39, 0.29) is 12.5 Å². The van der Waals surface area contributed by atoms with Crippen LogP contribution < -0.4 is 0 Å². The average Bonchev–Trinajstić information content (AvgIpc) is 3.53. The van der Waals surface area contributed by atoms with Crippen molar-refractivity contribution in [2.45, 2.75) is 57.8 Å². The highest BCUT2D eigenvalue weighted by atomic mass is 32.1. The van der Waals surface area contributed by atoms with E-state index in [1.54, 1.807) is 16.0 Å². The molecule has 0 spiro atoms. The van der Waals surface area contributed by atoms with Crippen molar-refractivity contribution in [2.24, 2.45) is 0 Å². The van der Waals surface area contributed by atoms with Gasteiger partial charge < -0.3 is 5.11 Å². The fraction of sp³-hybridized carbons (Fsp3) is 0.480. The number of carboxylic acids is 1. The van der Waals surface area contributed by atoms with Gasteiger partial charge in [-0.05, 0) is 42.7 Å². The molecule has 0 saturated carbocycles. The van der Waals surface area contributed by atoms with Gasteiger partial charge in [-0.25, -0.2) is 9.67 Å². The van der Waals surface area contributed by atoms with Crippen LogP contribution in [0.4, 0.5) is 0 Å². The quantitative estimate of drug-likeness (QED) is 0.317. The minimum atomic E-state index is -0.779. The summed E-state index contributed by atoms with van der Waals surface area (Å²) in [6.45, 7) is 11.9. The number of aliphatic carboxylic acids is 1. The van der Waals surface area contributed by atoms with Gasteiger partial charge in [0, 0.05) is 61.8 Å². The molecule has 9 nitrogen and oxygen atoms in total. The molecule has 1 aliphatic rings. The van der Waals surface area contributed by atoms with Gasteiger partial charge in [0.2, 0.25) is 0 Å². The number of benzene rings is 1. The molecule has 1 aliphatic heterocycles. The zero-order valence-corrected chi connectivity index (χ0v) is 21.1. The van der Waals surface area contributed by atoms with Crippen molar-refractivity contribution < 1.29 is 9.90 Å². The first-order valence-corrected chi connectivity index (χ1v) is 12.9. The first-order chi connectivity index (χ1) is 17.0. The lowest BCUT2D eigenvalue weighted by Gasteiger charge is -2.46. The molecule has 4 rings (SSSR count). The number of carboxylic acid groups (broad SMARTS) is 1. The molecule has 1 saturated heterocycles. The minimum absolute atomic E-state index is 0.0828. The van der Waals surface area contributed by atoms with E-state index in [2.05, 4.69) is 70.0 Å². The van der Waals surface area contributed by atoms with E-state index in [0.29, 0.717) is 37.3 Å². The topological polar surface area (TPSA) is 100 Å². The van der Waals surface area contributed by atoms with Crippen molar-refractivity contribution in [3.8, 4) is 11.4 Å². The third-order valence-corrected chi connectivity index (χ3v) is 7.40. The molecule has 3 atom stereocenters. The number of tetrazole rings is 1. The summed E-state index contributed by atoms with van der Waals surface area (Å²) in [6, 6.07) is 9.32. The van der Waals surface area contributed by atoms with Crippen LogP contribution in [0.5, 0.6) is 0 Å². The lowest BCUT2D eigenvalue weighted by Crippen LogP contribution is -2.57. The molecule has 1 fully saturated rings. The predicted octanol–water partition coefficient (Wildman–Crippen LogP) is 3.72. The van der Waals surface area contributed by atoms with Gasteiger partial charge >= 0.3 is 5.97 Å². The van der Waals surface area contributed by atoms with Crippen LogP contribution >= 0.6 is 11.3 Å². The molecule has 1 N–H and O–H groups in total. The highest BCUT2D eigenvalue weighted by Gasteiger charge is 2.35. The molecule has 0 amide bonds. The number of thiazole rings is 1. The van der Waals surface area contributed by atoms with Crippen LogP contribution in [0.25, 0.3) is 11.4 Å². The maximum absolute atomic E-state index is 10.8. The second kappa shape index (κ2) is 11.7. The van der Waals surface area contributed by atoms with Crippen LogP contribution in [-0.2, 0) is 11.3 Å². The number of aromatic nitrogens is 5. The molecule has 3 heterocycles. The van der Waals surface area contributed by atoms with Crippen molar-refractivity contribution >= 4 is 17.3 Å². The summed E-state index contributed by atoms with van der Waals surface area (Å²) in [5, 5.41) is 24.1. The van der Waals surface area contributed by atoms with Crippen LogP contribution in [0.15, 0.2) is 48.5 Å². The van der Waals surface area contributed by atoms with Gasteiger partial charge in [0.25, 0.3) is 0 Å². The lowest BCUT2D eigenvalue weighted by atomic mass is 9.98. The van der Waals surface area contributed by atoms with Crippen molar-refractivity contribution in [3.63, 3.8) is 0 Å². The van der Waals surface area contributed by atoms with Crippen LogP contribution in [0, 0.1) is 0 Å². The molecule has 0 bridgehead atoms. The van der Waals surface area contributed by atoms with E-state index < -0.39 is 5.97 Å². The molecule has 0 unspecified atom stereocenters. The number of nitrogens with zero attached hydrogens (tertiary/aromatic N) is 7. The Morgan fingerprint density at radius 1 is 1.23 bits per heavy atom. The van der Waals surface area contributed by atoms with Gasteiger partial charge in [0.15, 0.2) is 5.82 Å². The van der Waals surface area contributed by atoms with Crippen LogP contribution in [0.1, 0.15) is 49.7 Å². The molecule has 0 radical (unpaired) electrons.